The molecule has 4 rings (SSSR count). The molecule has 0 radical (unpaired) electrons. The van der Waals surface area contributed by atoms with Crippen LogP contribution in [-0.2, 0) is 10.3 Å². The van der Waals surface area contributed by atoms with Gasteiger partial charge in [0.15, 0.2) is 5.17 Å². The number of aliphatic imine (C=N–C) groups is 1. The van der Waals surface area contributed by atoms with Crippen molar-refractivity contribution in [2.45, 2.75) is 43.4 Å². The maximum absolute atomic E-state index is 15.0. The minimum Gasteiger partial charge on any atom is -0.378 e. The third-order valence-corrected chi connectivity index (χ3v) is 7.58. The summed E-state index contributed by atoms with van der Waals surface area (Å²) in [4.78, 5) is 21.2. The average Bonchev–Trinajstić information content (AvgIpc) is 3.57. The molecule has 2 aromatic rings. The number of nitrogens with zero attached hydrogens (tertiary/aromatic N) is 2. The van der Waals surface area contributed by atoms with Crippen LogP contribution < -0.4 is 11.1 Å². The summed E-state index contributed by atoms with van der Waals surface area (Å²) < 4.78 is 29.2. The molecule has 34 heavy (non-hydrogen) atoms. The standard InChI is InChI=1S/C26H26F2N4OS/c1-4-5-6-7-16-9-11-21(31-15-16)20(28)13-17-8-10-19(27)18(12-17)25(2)22-14-26(22,23(33)30-3)34-24(29)32-25/h8-13,15,22H,4-5,14H2,1-3H3,(H2,29,32)(H,30,33)/b20-13-/t22-,25+,26-/m0/s1. The van der Waals surface area contributed by atoms with Crippen LogP contribution in [0.2, 0.25) is 0 Å². The van der Waals surface area contributed by atoms with E-state index in [2.05, 4.69) is 34.1 Å². The monoisotopic (exact) mass is 480 g/mol. The van der Waals surface area contributed by atoms with E-state index in [0.29, 0.717) is 12.0 Å². The largest absolute Gasteiger partial charge is 0.378 e. The van der Waals surface area contributed by atoms with Crippen molar-refractivity contribution in [3.63, 3.8) is 0 Å². The Hall–Kier alpha value is -3.18. The maximum Gasteiger partial charge on any atom is 0.236 e. The number of pyridine rings is 1. The van der Waals surface area contributed by atoms with Gasteiger partial charge in [0.05, 0.1) is 11.2 Å². The van der Waals surface area contributed by atoms with Crippen LogP contribution in [0.3, 0.4) is 0 Å². The van der Waals surface area contributed by atoms with Crippen molar-refractivity contribution in [2.75, 3.05) is 7.05 Å². The molecule has 0 unspecified atom stereocenters. The van der Waals surface area contributed by atoms with E-state index in [0.717, 1.165) is 18.4 Å². The quantitative estimate of drug-likeness (QED) is 0.612. The molecule has 1 aromatic heterocycles. The lowest BCUT2D eigenvalue weighted by Crippen LogP contribution is -2.43. The lowest BCUT2D eigenvalue weighted by atomic mass is 9.84. The van der Waals surface area contributed by atoms with E-state index in [-0.39, 0.29) is 28.3 Å². The van der Waals surface area contributed by atoms with Crippen LogP contribution in [0.25, 0.3) is 11.9 Å². The fourth-order valence-electron chi connectivity index (χ4n) is 4.42. The Labute approximate surface area is 202 Å². The van der Waals surface area contributed by atoms with Gasteiger partial charge in [-0.15, -0.1) is 0 Å². The van der Waals surface area contributed by atoms with Gasteiger partial charge in [0.2, 0.25) is 5.91 Å². The summed E-state index contributed by atoms with van der Waals surface area (Å²) in [6.07, 6.45) is 5.13. The van der Waals surface area contributed by atoms with Gasteiger partial charge >= 0.3 is 0 Å². The van der Waals surface area contributed by atoms with Crippen molar-refractivity contribution in [2.24, 2.45) is 16.6 Å². The number of nitrogens with one attached hydrogen (secondary N) is 1. The molecule has 1 aromatic carbocycles. The zero-order valence-electron chi connectivity index (χ0n) is 19.3. The smallest absolute Gasteiger partial charge is 0.236 e. The average molecular weight is 481 g/mol. The zero-order chi connectivity index (χ0) is 24.5. The molecule has 8 heteroatoms. The molecule has 0 spiro atoms. The van der Waals surface area contributed by atoms with Gasteiger partial charge in [-0.3, -0.25) is 14.8 Å². The van der Waals surface area contributed by atoms with E-state index in [1.165, 1.54) is 36.2 Å². The molecule has 0 bridgehead atoms. The number of rotatable bonds is 5. The topological polar surface area (TPSA) is 80.4 Å². The molecule has 0 saturated heterocycles. The predicted molar refractivity (Wildman–Crippen MR) is 133 cm³/mol. The van der Waals surface area contributed by atoms with Gasteiger partial charge in [0.1, 0.15) is 16.4 Å². The van der Waals surface area contributed by atoms with Crippen molar-refractivity contribution >= 4 is 34.7 Å². The molecule has 1 aliphatic heterocycles. The number of benzene rings is 1. The maximum atomic E-state index is 15.0. The first-order chi connectivity index (χ1) is 16.2. The summed E-state index contributed by atoms with van der Waals surface area (Å²) in [7, 11) is 1.57. The number of amidine groups is 1. The number of nitrogens with two attached hydrogens (primary N) is 1. The first kappa shape index (κ1) is 24.0. The number of fused-ring (bicyclic) bond motifs is 1. The van der Waals surface area contributed by atoms with Crippen LogP contribution in [0.5, 0.6) is 0 Å². The summed E-state index contributed by atoms with van der Waals surface area (Å²) in [5.41, 5.74) is 6.64. The van der Waals surface area contributed by atoms with E-state index < -0.39 is 21.9 Å². The zero-order valence-corrected chi connectivity index (χ0v) is 20.1. The second-order valence-corrected chi connectivity index (χ2v) is 9.99. The molecule has 1 aliphatic carbocycles. The van der Waals surface area contributed by atoms with Crippen molar-refractivity contribution in [3.05, 3.63) is 64.7 Å². The second-order valence-electron chi connectivity index (χ2n) is 8.64. The van der Waals surface area contributed by atoms with E-state index in [4.69, 9.17) is 5.73 Å². The van der Waals surface area contributed by atoms with Gasteiger partial charge in [-0.1, -0.05) is 36.6 Å². The van der Waals surface area contributed by atoms with Crippen molar-refractivity contribution in [3.8, 4) is 11.8 Å². The van der Waals surface area contributed by atoms with Gasteiger partial charge in [0.25, 0.3) is 0 Å². The molecule has 176 valence electrons. The number of unbranched alkanes of at least 4 members (excludes halogenated alkanes) is 1. The molecule has 2 heterocycles. The second kappa shape index (κ2) is 9.22. The third kappa shape index (κ3) is 4.32. The molecule has 3 N–H and O–H groups in total. The highest BCUT2D eigenvalue weighted by atomic mass is 32.2. The Morgan fingerprint density at radius 3 is 2.85 bits per heavy atom. The highest BCUT2D eigenvalue weighted by Gasteiger charge is 2.70. The Balaban J connectivity index is 1.64. The molecule has 3 atom stereocenters. The molecule has 1 saturated carbocycles. The molecule has 2 aliphatic rings. The first-order valence-corrected chi connectivity index (χ1v) is 11.9. The van der Waals surface area contributed by atoms with Crippen LogP contribution in [-0.4, -0.2) is 27.9 Å². The number of thioether (sulfide) groups is 1. The van der Waals surface area contributed by atoms with E-state index in [1.807, 2.05) is 0 Å². The van der Waals surface area contributed by atoms with Gasteiger partial charge in [-0.2, -0.15) is 0 Å². The predicted octanol–water partition coefficient (Wildman–Crippen LogP) is 4.62. The molecular weight excluding hydrogens is 454 g/mol. The number of hydrogen-bond donors (Lipinski definition) is 2. The van der Waals surface area contributed by atoms with E-state index in [9.17, 15) is 9.18 Å². The lowest BCUT2D eigenvalue weighted by molar-refractivity contribution is -0.121. The van der Waals surface area contributed by atoms with Gasteiger partial charge in [-0.25, -0.2) is 8.78 Å². The fourth-order valence-corrected chi connectivity index (χ4v) is 5.85. The Morgan fingerprint density at radius 2 is 2.18 bits per heavy atom. The van der Waals surface area contributed by atoms with Crippen LogP contribution in [0.4, 0.5) is 8.78 Å². The van der Waals surface area contributed by atoms with Crippen LogP contribution >= 0.6 is 11.8 Å². The highest BCUT2D eigenvalue weighted by molar-refractivity contribution is 8.15. The SMILES string of the molecule is CCCC#Cc1ccc(/C(F)=C/c2ccc(F)c([C@@]3(C)N=C(N)S[C@@]4(C(=O)NC)C[C@H]43)c2)nc1. The van der Waals surface area contributed by atoms with Crippen LogP contribution in [0.15, 0.2) is 41.5 Å². The summed E-state index contributed by atoms with van der Waals surface area (Å²) in [6, 6.07) is 7.64. The van der Waals surface area contributed by atoms with Crippen LogP contribution in [0.1, 0.15) is 55.5 Å². The van der Waals surface area contributed by atoms with Crippen molar-refractivity contribution in [1.82, 2.24) is 10.3 Å². The third-order valence-electron chi connectivity index (χ3n) is 6.27. The van der Waals surface area contributed by atoms with Crippen LogP contribution in [0, 0.1) is 23.6 Å². The number of amides is 1. The minimum absolute atomic E-state index is 0.150. The normalized spacial score (nSPS) is 25.5. The Bertz CT molecular complexity index is 1250. The van der Waals surface area contributed by atoms with Gasteiger partial charge < -0.3 is 11.1 Å². The highest BCUT2D eigenvalue weighted by Crippen LogP contribution is 2.66. The van der Waals surface area contributed by atoms with Gasteiger partial charge in [0, 0.05) is 36.7 Å². The summed E-state index contributed by atoms with van der Waals surface area (Å²) in [6.45, 7) is 3.83. The molecular formula is C26H26F2N4OS. The molecule has 1 amide bonds. The fraction of sp³-hybridized carbons (Fsp3) is 0.346. The number of aromatic nitrogens is 1. The molecule has 5 nitrogen and oxygen atoms in total. The number of halogens is 2. The Kier molecular flexibility index (Phi) is 6.50. The van der Waals surface area contributed by atoms with Crippen molar-refractivity contribution < 1.29 is 13.6 Å². The number of carbonyl (C=O) groups excluding carboxylic acids is 1. The summed E-state index contributed by atoms with van der Waals surface area (Å²) in [5, 5.41) is 2.91. The minimum atomic E-state index is -1.04. The van der Waals surface area contributed by atoms with E-state index in [1.54, 1.807) is 32.2 Å². The molecule has 1 fully saturated rings. The number of carbonyl (C=O) groups is 1. The first-order valence-electron chi connectivity index (χ1n) is 11.1. The lowest BCUT2D eigenvalue weighted by Gasteiger charge is -2.33. The van der Waals surface area contributed by atoms with E-state index >= 15 is 4.39 Å². The van der Waals surface area contributed by atoms with Gasteiger partial charge in [-0.05, 0) is 55.7 Å². The summed E-state index contributed by atoms with van der Waals surface area (Å²) in [5.74, 6) is 4.62. The summed E-state index contributed by atoms with van der Waals surface area (Å²) >= 11 is 1.22. The Morgan fingerprint density at radius 1 is 1.38 bits per heavy atom. The number of hydrogen-bond acceptors (Lipinski definition) is 5. The van der Waals surface area contributed by atoms with Crippen molar-refractivity contribution in [1.29, 1.82) is 0 Å².